The maximum absolute atomic E-state index is 12.9. The summed E-state index contributed by atoms with van der Waals surface area (Å²) < 4.78 is 25.1. The predicted octanol–water partition coefficient (Wildman–Crippen LogP) is 3.19. The van der Waals surface area contributed by atoms with Gasteiger partial charge in [0.05, 0.1) is 11.8 Å². The number of aryl methyl sites for hydroxylation is 2. The van der Waals surface area contributed by atoms with Gasteiger partial charge < -0.3 is 9.80 Å². The van der Waals surface area contributed by atoms with Gasteiger partial charge in [0.2, 0.25) is 10.0 Å². The molecule has 1 aliphatic rings. The van der Waals surface area contributed by atoms with Crippen molar-refractivity contribution in [3.8, 4) is 0 Å². The molecule has 0 saturated carbocycles. The molecule has 2 aromatic carbocycles. The highest BCUT2D eigenvalue weighted by Gasteiger charge is 2.23. The number of sulfonamides is 1. The third-order valence-electron chi connectivity index (χ3n) is 5.56. The van der Waals surface area contributed by atoms with E-state index in [1.807, 2.05) is 4.90 Å². The van der Waals surface area contributed by atoms with Crippen molar-refractivity contribution in [1.82, 2.24) is 9.88 Å². The Kier molecular flexibility index (Phi) is 5.58. The molecule has 0 bridgehead atoms. The summed E-state index contributed by atoms with van der Waals surface area (Å²) in [7, 11) is -3.34. The number of pyridine rings is 1. The summed E-state index contributed by atoms with van der Waals surface area (Å²) in [6.45, 7) is 6.82. The number of anilines is 2. The van der Waals surface area contributed by atoms with Crippen LogP contribution in [-0.2, 0) is 10.0 Å². The summed E-state index contributed by atoms with van der Waals surface area (Å²) in [6, 6.07) is 14.9. The second-order valence-electron chi connectivity index (χ2n) is 8.00. The van der Waals surface area contributed by atoms with Gasteiger partial charge in [0.15, 0.2) is 0 Å². The van der Waals surface area contributed by atoms with Crippen molar-refractivity contribution in [2.45, 2.75) is 13.8 Å². The number of aromatic nitrogens is 1. The fraction of sp³-hybridized carbons (Fsp3) is 0.304. The fourth-order valence-electron chi connectivity index (χ4n) is 3.92. The first kappa shape index (κ1) is 21.1. The lowest BCUT2D eigenvalue weighted by molar-refractivity contribution is 0.0746. The molecule has 162 valence electrons. The number of fused-ring (bicyclic) bond motifs is 1. The summed E-state index contributed by atoms with van der Waals surface area (Å²) in [6.07, 6.45) is 1.10. The van der Waals surface area contributed by atoms with Crippen LogP contribution in [0.25, 0.3) is 10.9 Å². The summed E-state index contributed by atoms with van der Waals surface area (Å²) >= 11 is 0. The normalized spacial score (nSPS) is 14.7. The van der Waals surface area contributed by atoms with Gasteiger partial charge in [-0.05, 0) is 55.3 Å². The van der Waals surface area contributed by atoms with Crippen molar-refractivity contribution in [3.63, 3.8) is 0 Å². The quantitative estimate of drug-likeness (QED) is 0.677. The van der Waals surface area contributed by atoms with Gasteiger partial charge >= 0.3 is 0 Å². The van der Waals surface area contributed by atoms with Gasteiger partial charge in [0, 0.05) is 42.8 Å². The first-order chi connectivity index (χ1) is 14.7. The smallest absolute Gasteiger partial charge is 0.253 e. The Balaban J connectivity index is 1.44. The van der Waals surface area contributed by atoms with Gasteiger partial charge in [-0.3, -0.25) is 9.52 Å². The molecule has 0 aliphatic carbocycles. The zero-order valence-electron chi connectivity index (χ0n) is 17.9. The van der Waals surface area contributed by atoms with Gasteiger partial charge in [-0.15, -0.1) is 0 Å². The van der Waals surface area contributed by atoms with Crippen LogP contribution in [0, 0.1) is 13.8 Å². The van der Waals surface area contributed by atoms with Crippen molar-refractivity contribution >= 4 is 38.3 Å². The van der Waals surface area contributed by atoms with E-state index in [-0.39, 0.29) is 5.91 Å². The lowest BCUT2D eigenvalue weighted by Crippen LogP contribution is -2.49. The molecule has 31 heavy (non-hydrogen) atoms. The number of nitrogens with zero attached hydrogens (tertiary/aromatic N) is 3. The van der Waals surface area contributed by atoms with Crippen LogP contribution in [0.1, 0.15) is 21.5 Å². The molecule has 1 saturated heterocycles. The minimum atomic E-state index is -3.34. The maximum Gasteiger partial charge on any atom is 0.253 e. The van der Waals surface area contributed by atoms with Crippen LogP contribution in [0.15, 0.2) is 48.5 Å². The monoisotopic (exact) mass is 438 g/mol. The lowest BCUT2D eigenvalue weighted by Gasteiger charge is -2.35. The average molecular weight is 439 g/mol. The van der Waals surface area contributed by atoms with Crippen molar-refractivity contribution in [1.29, 1.82) is 0 Å². The zero-order valence-corrected chi connectivity index (χ0v) is 18.7. The Bertz CT molecular complexity index is 1230. The third-order valence-corrected chi connectivity index (χ3v) is 6.17. The Hall–Kier alpha value is -3.13. The summed E-state index contributed by atoms with van der Waals surface area (Å²) in [5, 5.41) is 1.17. The largest absolute Gasteiger partial charge is 0.353 e. The van der Waals surface area contributed by atoms with E-state index in [2.05, 4.69) is 47.7 Å². The van der Waals surface area contributed by atoms with Crippen LogP contribution in [0.2, 0.25) is 0 Å². The number of hydrogen-bond donors (Lipinski definition) is 1. The van der Waals surface area contributed by atoms with E-state index in [0.717, 1.165) is 23.2 Å². The van der Waals surface area contributed by atoms with Crippen LogP contribution in [-0.4, -0.2) is 56.6 Å². The topological polar surface area (TPSA) is 82.6 Å². The average Bonchev–Trinajstić information content (AvgIpc) is 2.73. The van der Waals surface area contributed by atoms with Crippen molar-refractivity contribution < 1.29 is 13.2 Å². The van der Waals surface area contributed by atoms with Crippen LogP contribution in [0.5, 0.6) is 0 Å². The molecule has 7 nitrogen and oxygen atoms in total. The minimum absolute atomic E-state index is 0.0518. The number of benzene rings is 2. The highest BCUT2D eigenvalue weighted by molar-refractivity contribution is 7.92. The second kappa shape index (κ2) is 8.19. The van der Waals surface area contributed by atoms with Crippen LogP contribution < -0.4 is 9.62 Å². The molecule has 1 aliphatic heterocycles. The number of carbonyl (C=O) groups is 1. The molecule has 3 aromatic rings. The SMILES string of the molecule is Cc1cc(N2CCN(C(=O)c3ccc(NS(C)(=O)=O)cc3)CC2)nc2c(C)cccc12. The van der Waals surface area contributed by atoms with Gasteiger partial charge in [0.1, 0.15) is 5.82 Å². The van der Waals surface area contributed by atoms with Crippen molar-refractivity contribution in [2.24, 2.45) is 0 Å². The Morgan fingerprint density at radius 1 is 0.968 bits per heavy atom. The summed E-state index contributed by atoms with van der Waals surface area (Å²) in [4.78, 5) is 21.8. The number of piperazine rings is 1. The number of amides is 1. The molecule has 8 heteroatoms. The maximum atomic E-state index is 12.9. The molecule has 0 unspecified atom stereocenters. The molecule has 2 heterocycles. The molecule has 1 N–H and O–H groups in total. The number of carbonyl (C=O) groups excluding carboxylic acids is 1. The number of para-hydroxylation sites is 1. The lowest BCUT2D eigenvalue weighted by atomic mass is 10.1. The molecule has 1 aromatic heterocycles. The van der Waals surface area contributed by atoms with E-state index in [4.69, 9.17) is 4.98 Å². The van der Waals surface area contributed by atoms with E-state index >= 15 is 0 Å². The van der Waals surface area contributed by atoms with Crippen LogP contribution in [0.4, 0.5) is 11.5 Å². The highest BCUT2D eigenvalue weighted by atomic mass is 32.2. The summed E-state index contributed by atoms with van der Waals surface area (Å²) in [5.74, 6) is 0.895. The van der Waals surface area contributed by atoms with Gasteiger partial charge in [0.25, 0.3) is 5.91 Å². The molecule has 0 radical (unpaired) electrons. The van der Waals surface area contributed by atoms with E-state index in [0.29, 0.717) is 37.4 Å². The van der Waals surface area contributed by atoms with E-state index in [9.17, 15) is 13.2 Å². The van der Waals surface area contributed by atoms with Crippen LogP contribution in [0.3, 0.4) is 0 Å². The van der Waals surface area contributed by atoms with E-state index in [1.54, 1.807) is 24.3 Å². The fourth-order valence-corrected chi connectivity index (χ4v) is 4.49. The van der Waals surface area contributed by atoms with Crippen molar-refractivity contribution in [3.05, 3.63) is 65.2 Å². The van der Waals surface area contributed by atoms with E-state index < -0.39 is 10.0 Å². The van der Waals surface area contributed by atoms with Gasteiger partial charge in [-0.25, -0.2) is 13.4 Å². The molecule has 4 rings (SSSR count). The molecular weight excluding hydrogens is 412 g/mol. The van der Waals surface area contributed by atoms with Crippen molar-refractivity contribution in [2.75, 3.05) is 42.1 Å². The Labute approximate surface area is 182 Å². The molecular formula is C23H26N4O3S. The molecule has 0 atom stereocenters. The number of rotatable bonds is 4. The zero-order chi connectivity index (χ0) is 22.2. The highest BCUT2D eigenvalue weighted by Crippen LogP contribution is 2.25. The first-order valence-electron chi connectivity index (χ1n) is 10.2. The van der Waals surface area contributed by atoms with Gasteiger partial charge in [-0.2, -0.15) is 0 Å². The number of nitrogens with one attached hydrogen (secondary N) is 1. The third kappa shape index (κ3) is 4.64. The summed E-state index contributed by atoms with van der Waals surface area (Å²) in [5.41, 5.74) is 4.37. The van der Waals surface area contributed by atoms with Gasteiger partial charge in [-0.1, -0.05) is 18.2 Å². The number of hydrogen-bond acceptors (Lipinski definition) is 5. The second-order valence-corrected chi connectivity index (χ2v) is 9.75. The Morgan fingerprint density at radius 2 is 1.65 bits per heavy atom. The predicted molar refractivity (Wildman–Crippen MR) is 124 cm³/mol. The first-order valence-corrected chi connectivity index (χ1v) is 12.1. The van der Waals surface area contributed by atoms with E-state index in [1.165, 1.54) is 10.9 Å². The molecule has 0 spiro atoms. The molecule has 1 fully saturated rings. The minimum Gasteiger partial charge on any atom is -0.353 e. The standard InChI is InChI=1S/C23H26N4O3S/c1-16-5-4-6-20-17(2)15-21(24-22(16)20)26-11-13-27(14-12-26)23(28)18-7-9-19(10-8-18)25-31(3,29)30/h4-10,15,25H,11-14H2,1-3H3. The Morgan fingerprint density at radius 3 is 2.29 bits per heavy atom. The van der Waals surface area contributed by atoms with Crippen LogP contribution >= 0.6 is 0 Å². The molecule has 1 amide bonds.